The number of hydrogen-bond donors (Lipinski definition) is 2. The minimum Gasteiger partial charge on any atom is -0.395 e. The van der Waals surface area contributed by atoms with Gasteiger partial charge in [0.05, 0.1) is 23.6 Å². The zero-order valence-corrected chi connectivity index (χ0v) is 11.5. The zero-order valence-electron chi connectivity index (χ0n) is 9.87. The molecule has 17 heavy (non-hydrogen) atoms. The molecule has 1 aliphatic rings. The third-order valence-electron chi connectivity index (χ3n) is 2.57. The average molecular weight is 275 g/mol. The summed E-state index contributed by atoms with van der Waals surface area (Å²) in [6.07, 6.45) is 5.21. The van der Waals surface area contributed by atoms with E-state index < -0.39 is 11.3 Å². The lowest BCUT2D eigenvalue weighted by Gasteiger charge is -2.39. The lowest BCUT2D eigenvalue weighted by Crippen LogP contribution is -2.45. The van der Waals surface area contributed by atoms with Gasteiger partial charge in [-0.05, 0) is 19.9 Å². The number of aliphatic hydroxyl groups excluding tert-OH is 1. The number of hydrogen-bond acceptors (Lipinski definition) is 3. The molecule has 1 heterocycles. The van der Waals surface area contributed by atoms with Crippen molar-refractivity contribution in [3.8, 4) is 0 Å². The fourth-order valence-electron chi connectivity index (χ4n) is 1.72. The van der Waals surface area contributed by atoms with E-state index in [-0.39, 0.29) is 17.9 Å². The topological polar surface area (TPSA) is 60.8 Å². The second-order valence-corrected chi connectivity index (χ2v) is 5.71. The Morgan fingerprint density at radius 1 is 1.65 bits per heavy atom. The lowest BCUT2D eigenvalue weighted by molar-refractivity contribution is 0.253. The molecule has 0 radical (unpaired) electrons. The van der Waals surface area contributed by atoms with E-state index in [2.05, 4.69) is 6.58 Å². The van der Waals surface area contributed by atoms with E-state index >= 15 is 0 Å². The SMILES string of the molecule is C=C/C=C1/S[C@@H](CO)[C@@H](C)N(S(=O)O)/C1=C/C. The van der Waals surface area contributed by atoms with Crippen LogP contribution in [0.4, 0.5) is 0 Å². The van der Waals surface area contributed by atoms with Crippen LogP contribution in [0.15, 0.2) is 35.4 Å². The Morgan fingerprint density at radius 3 is 2.71 bits per heavy atom. The predicted molar refractivity (Wildman–Crippen MR) is 72.6 cm³/mol. The third-order valence-corrected chi connectivity index (χ3v) is 4.88. The van der Waals surface area contributed by atoms with Gasteiger partial charge in [0, 0.05) is 4.91 Å². The molecule has 6 heteroatoms. The van der Waals surface area contributed by atoms with Crippen molar-refractivity contribution in [3.63, 3.8) is 0 Å². The smallest absolute Gasteiger partial charge is 0.262 e. The van der Waals surface area contributed by atoms with Gasteiger partial charge in [-0.1, -0.05) is 18.7 Å². The largest absolute Gasteiger partial charge is 0.395 e. The van der Waals surface area contributed by atoms with Crippen LogP contribution in [0, 0.1) is 0 Å². The van der Waals surface area contributed by atoms with Crippen molar-refractivity contribution in [2.45, 2.75) is 25.1 Å². The first-order chi connectivity index (χ1) is 8.06. The zero-order chi connectivity index (χ0) is 13.0. The molecule has 3 atom stereocenters. The Kier molecular flexibility index (Phi) is 5.45. The minimum absolute atomic E-state index is 0.0367. The molecule has 0 aromatic rings. The first kappa shape index (κ1) is 14.5. The van der Waals surface area contributed by atoms with Gasteiger partial charge in [0.25, 0.3) is 11.3 Å². The van der Waals surface area contributed by atoms with Crippen molar-refractivity contribution < 1.29 is 13.9 Å². The van der Waals surface area contributed by atoms with Gasteiger partial charge < -0.3 is 5.11 Å². The van der Waals surface area contributed by atoms with Gasteiger partial charge in [-0.15, -0.1) is 11.8 Å². The second kappa shape index (κ2) is 6.39. The average Bonchev–Trinajstić information content (AvgIpc) is 2.30. The summed E-state index contributed by atoms with van der Waals surface area (Å²) in [5.74, 6) is 0. The van der Waals surface area contributed by atoms with E-state index in [1.165, 1.54) is 16.1 Å². The highest BCUT2D eigenvalue weighted by molar-refractivity contribution is 8.04. The normalized spacial score (nSPS) is 31.9. The van der Waals surface area contributed by atoms with Crippen LogP contribution in [0.5, 0.6) is 0 Å². The Hall–Kier alpha value is -0.560. The minimum atomic E-state index is -2.09. The monoisotopic (exact) mass is 275 g/mol. The number of rotatable bonds is 3. The van der Waals surface area contributed by atoms with Crippen LogP contribution in [0.2, 0.25) is 0 Å². The molecule has 0 spiro atoms. The van der Waals surface area contributed by atoms with Crippen molar-refractivity contribution in [2.24, 2.45) is 0 Å². The molecule has 96 valence electrons. The summed E-state index contributed by atoms with van der Waals surface area (Å²) in [7, 11) is 0. The van der Waals surface area contributed by atoms with E-state index in [9.17, 15) is 13.9 Å². The number of thioether (sulfide) groups is 1. The van der Waals surface area contributed by atoms with Crippen LogP contribution in [-0.4, -0.2) is 36.1 Å². The summed E-state index contributed by atoms with van der Waals surface area (Å²) in [5.41, 5.74) is 0.702. The molecule has 0 aromatic carbocycles. The molecule has 0 bridgehead atoms. The molecule has 0 aromatic heterocycles. The van der Waals surface area contributed by atoms with Crippen molar-refractivity contribution in [1.29, 1.82) is 0 Å². The Bertz CT molecular complexity index is 379. The summed E-state index contributed by atoms with van der Waals surface area (Å²) < 4.78 is 22.2. The summed E-state index contributed by atoms with van der Waals surface area (Å²) in [5, 5.41) is 9.18. The molecular formula is C11H17NO3S2. The molecule has 1 fully saturated rings. The van der Waals surface area contributed by atoms with E-state index in [1.54, 1.807) is 18.2 Å². The molecule has 0 amide bonds. The molecule has 1 rings (SSSR count). The van der Waals surface area contributed by atoms with Gasteiger partial charge >= 0.3 is 0 Å². The number of aliphatic hydroxyl groups is 1. The fraction of sp³-hybridized carbons (Fsp3) is 0.455. The fourth-order valence-corrected chi connectivity index (χ4v) is 3.89. The quantitative estimate of drug-likeness (QED) is 0.772. The van der Waals surface area contributed by atoms with Crippen LogP contribution < -0.4 is 0 Å². The summed E-state index contributed by atoms with van der Waals surface area (Å²) in [4.78, 5) is 0.849. The Labute approximate surface area is 109 Å². The molecular weight excluding hydrogens is 258 g/mol. The Balaban J connectivity index is 3.19. The maximum absolute atomic E-state index is 11.4. The number of allylic oxidation sites excluding steroid dienone is 3. The van der Waals surface area contributed by atoms with Crippen LogP contribution in [0.3, 0.4) is 0 Å². The summed E-state index contributed by atoms with van der Waals surface area (Å²) in [6.45, 7) is 7.24. The highest BCUT2D eigenvalue weighted by Crippen LogP contribution is 2.40. The standard InChI is InChI=1S/C11H17NO3S2/c1-4-6-10-9(5-2)12(17(14)15)8(3)11(7-13)16-10/h4-6,8,11,13H,1,7H2,2-3H3,(H,14,15)/b9-5+,10-6+/t8-,11+/m1/s1. The van der Waals surface area contributed by atoms with Crippen LogP contribution in [-0.2, 0) is 11.3 Å². The van der Waals surface area contributed by atoms with E-state index in [1.807, 2.05) is 13.8 Å². The molecule has 0 aliphatic carbocycles. The van der Waals surface area contributed by atoms with Crippen LogP contribution in [0.25, 0.3) is 0 Å². The van der Waals surface area contributed by atoms with Crippen molar-refractivity contribution in [2.75, 3.05) is 6.61 Å². The first-order valence-electron chi connectivity index (χ1n) is 5.23. The molecule has 1 aliphatic heterocycles. The van der Waals surface area contributed by atoms with Crippen molar-refractivity contribution in [1.82, 2.24) is 4.31 Å². The number of nitrogens with zero attached hydrogens (tertiary/aromatic N) is 1. The van der Waals surface area contributed by atoms with Crippen LogP contribution >= 0.6 is 11.8 Å². The van der Waals surface area contributed by atoms with Gasteiger partial charge in [0.1, 0.15) is 0 Å². The van der Waals surface area contributed by atoms with Gasteiger partial charge in [0.15, 0.2) is 0 Å². The van der Waals surface area contributed by atoms with Gasteiger partial charge in [-0.25, -0.2) is 4.21 Å². The third kappa shape index (κ3) is 3.01. The van der Waals surface area contributed by atoms with E-state index in [4.69, 9.17) is 0 Å². The maximum Gasteiger partial charge on any atom is 0.262 e. The van der Waals surface area contributed by atoms with Gasteiger partial charge in [-0.3, -0.25) is 8.86 Å². The molecule has 0 saturated carbocycles. The summed E-state index contributed by atoms with van der Waals surface area (Å²) >= 11 is -0.591. The molecule has 1 unspecified atom stereocenters. The highest BCUT2D eigenvalue weighted by Gasteiger charge is 2.36. The van der Waals surface area contributed by atoms with Gasteiger partial charge in [0.2, 0.25) is 0 Å². The Morgan fingerprint density at radius 2 is 2.29 bits per heavy atom. The highest BCUT2D eigenvalue weighted by atomic mass is 32.2. The van der Waals surface area contributed by atoms with Crippen molar-refractivity contribution >= 4 is 23.0 Å². The second-order valence-electron chi connectivity index (χ2n) is 3.58. The molecule has 2 N–H and O–H groups in total. The first-order valence-corrected chi connectivity index (χ1v) is 7.18. The summed E-state index contributed by atoms with van der Waals surface area (Å²) in [6, 6.07) is -0.205. The van der Waals surface area contributed by atoms with Crippen LogP contribution in [0.1, 0.15) is 13.8 Å². The van der Waals surface area contributed by atoms with E-state index in [0.717, 1.165) is 4.91 Å². The maximum atomic E-state index is 11.4. The van der Waals surface area contributed by atoms with Crippen molar-refractivity contribution in [3.05, 3.63) is 35.4 Å². The van der Waals surface area contributed by atoms with Gasteiger partial charge in [-0.2, -0.15) is 0 Å². The molecule has 1 saturated heterocycles. The van der Waals surface area contributed by atoms with E-state index in [0.29, 0.717) is 5.70 Å². The predicted octanol–water partition coefficient (Wildman–Crippen LogP) is 1.89. The lowest BCUT2D eigenvalue weighted by atomic mass is 10.2. The molecule has 4 nitrogen and oxygen atoms in total.